The average molecular weight is 127 g/mol. The Labute approximate surface area is 57.6 Å². The monoisotopic (exact) mass is 127 g/mol. The lowest BCUT2D eigenvalue weighted by atomic mass is 9.83. The summed E-state index contributed by atoms with van der Waals surface area (Å²) in [5.41, 5.74) is 5.57. The normalized spacial score (nSPS) is 36.7. The van der Waals surface area contributed by atoms with Gasteiger partial charge < -0.3 is 5.73 Å². The van der Waals surface area contributed by atoms with Crippen LogP contribution >= 0.6 is 0 Å². The third-order valence-electron chi connectivity index (χ3n) is 2.38. The summed E-state index contributed by atoms with van der Waals surface area (Å²) in [6.45, 7) is 3.24. The maximum Gasteiger partial charge on any atom is -0.00488 e. The van der Waals surface area contributed by atoms with Crippen LogP contribution in [0.5, 0.6) is 0 Å². The van der Waals surface area contributed by atoms with Crippen molar-refractivity contribution in [2.24, 2.45) is 17.6 Å². The van der Waals surface area contributed by atoms with Gasteiger partial charge >= 0.3 is 0 Å². The molecule has 0 unspecified atom stereocenters. The predicted molar refractivity (Wildman–Crippen MR) is 40.2 cm³/mol. The Kier molecular flexibility index (Phi) is 2.52. The largest absolute Gasteiger partial charge is 0.330 e. The van der Waals surface area contributed by atoms with Gasteiger partial charge in [-0.2, -0.15) is 0 Å². The molecule has 0 aromatic rings. The summed E-state index contributed by atoms with van der Waals surface area (Å²) in [6, 6.07) is 0. The SMILES string of the molecule is C[C@@H]1CCC[C@H](CN)C1. The molecule has 0 aromatic heterocycles. The maximum absolute atomic E-state index is 5.57. The molecule has 0 heterocycles. The van der Waals surface area contributed by atoms with E-state index < -0.39 is 0 Å². The Balaban J connectivity index is 2.23. The van der Waals surface area contributed by atoms with Crippen LogP contribution in [0.1, 0.15) is 32.6 Å². The zero-order chi connectivity index (χ0) is 6.69. The molecule has 2 atom stereocenters. The smallest absolute Gasteiger partial charge is 0.00488 e. The van der Waals surface area contributed by atoms with Gasteiger partial charge in [-0.15, -0.1) is 0 Å². The van der Waals surface area contributed by atoms with E-state index in [4.69, 9.17) is 5.73 Å². The maximum atomic E-state index is 5.57. The molecule has 0 aromatic carbocycles. The zero-order valence-corrected chi connectivity index (χ0v) is 6.27. The third-order valence-corrected chi connectivity index (χ3v) is 2.38. The number of nitrogens with two attached hydrogens (primary N) is 1. The van der Waals surface area contributed by atoms with Crippen LogP contribution < -0.4 is 5.73 Å². The molecule has 1 nitrogen and oxygen atoms in total. The van der Waals surface area contributed by atoms with Crippen LogP contribution in [0.4, 0.5) is 0 Å². The first-order valence-electron chi connectivity index (χ1n) is 4.03. The van der Waals surface area contributed by atoms with Gasteiger partial charge in [0.15, 0.2) is 0 Å². The third kappa shape index (κ3) is 1.98. The standard InChI is InChI=1S/C8H17N/c1-7-3-2-4-8(5-7)6-9/h7-8H,2-6,9H2,1H3/t7-,8+/m1/s1. The summed E-state index contributed by atoms with van der Waals surface area (Å²) in [7, 11) is 0. The van der Waals surface area contributed by atoms with E-state index in [0.717, 1.165) is 18.4 Å². The minimum Gasteiger partial charge on any atom is -0.330 e. The van der Waals surface area contributed by atoms with E-state index in [2.05, 4.69) is 6.92 Å². The Morgan fingerprint density at radius 1 is 1.44 bits per heavy atom. The molecule has 54 valence electrons. The van der Waals surface area contributed by atoms with E-state index in [1.807, 2.05) is 0 Å². The van der Waals surface area contributed by atoms with Gasteiger partial charge in [-0.05, 0) is 31.2 Å². The van der Waals surface area contributed by atoms with Crippen molar-refractivity contribution in [2.75, 3.05) is 6.54 Å². The second-order valence-electron chi connectivity index (χ2n) is 3.37. The second-order valence-corrected chi connectivity index (χ2v) is 3.37. The van der Waals surface area contributed by atoms with Crippen LogP contribution in [0.15, 0.2) is 0 Å². The summed E-state index contributed by atoms with van der Waals surface area (Å²) in [6.07, 6.45) is 5.58. The Hall–Kier alpha value is -0.0400. The summed E-state index contributed by atoms with van der Waals surface area (Å²) in [4.78, 5) is 0. The van der Waals surface area contributed by atoms with Crippen molar-refractivity contribution in [3.05, 3.63) is 0 Å². The van der Waals surface area contributed by atoms with E-state index >= 15 is 0 Å². The minimum absolute atomic E-state index is 0.841. The molecule has 1 aliphatic carbocycles. The van der Waals surface area contributed by atoms with Crippen LogP contribution in [-0.4, -0.2) is 6.54 Å². The highest BCUT2D eigenvalue weighted by atomic mass is 14.5. The molecule has 9 heavy (non-hydrogen) atoms. The Bertz CT molecular complexity index is 80.6. The molecular formula is C8H17N. The molecule has 0 aliphatic heterocycles. The van der Waals surface area contributed by atoms with Crippen LogP contribution in [0.25, 0.3) is 0 Å². The molecule has 0 bridgehead atoms. The van der Waals surface area contributed by atoms with Crippen LogP contribution in [-0.2, 0) is 0 Å². The summed E-state index contributed by atoms with van der Waals surface area (Å²) in [5, 5.41) is 0. The lowest BCUT2D eigenvalue weighted by Gasteiger charge is -2.25. The van der Waals surface area contributed by atoms with Crippen molar-refractivity contribution >= 4 is 0 Å². The molecule has 1 saturated carbocycles. The van der Waals surface area contributed by atoms with Crippen LogP contribution in [0.2, 0.25) is 0 Å². The number of hydrogen-bond donors (Lipinski definition) is 1. The van der Waals surface area contributed by atoms with Gasteiger partial charge in [0.25, 0.3) is 0 Å². The van der Waals surface area contributed by atoms with Gasteiger partial charge in [0.2, 0.25) is 0 Å². The molecule has 1 aliphatic rings. The van der Waals surface area contributed by atoms with Gasteiger partial charge in [0.05, 0.1) is 0 Å². The first-order valence-corrected chi connectivity index (χ1v) is 4.03. The summed E-state index contributed by atoms with van der Waals surface area (Å²) in [5.74, 6) is 1.78. The van der Waals surface area contributed by atoms with Crippen molar-refractivity contribution in [3.63, 3.8) is 0 Å². The molecule has 1 rings (SSSR count). The molecular weight excluding hydrogens is 110 g/mol. The summed E-state index contributed by atoms with van der Waals surface area (Å²) < 4.78 is 0. The highest BCUT2D eigenvalue weighted by Gasteiger charge is 2.16. The quantitative estimate of drug-likeness (QED) is 0.570. The van der Waals surface area contributed by atoms with Gasteiger partial charge in [-0.1, -0.05) is 19.8 Å². The zero-order valence-electron chi connectivity index (χ0n) is 6.27. The van der Waals surface area contributed by atoms with E-state index in [0.29, 0.717) is 0 Å². The lowest BCUT2D eigenvalue weighted by Crippen LogP contribution is -2.20. The molecule has 0 radical (unpaired) electrons. The van der Waals surface area contributed by atoms with Crippen molar-refractivity contribution in [3.8, 4) is 0 Å². The van der Waals surface area contributed by atoms with E-state index in [1.54, 1.807) is 0 Å². The average Bonchev–Trinajstić information content (AvgIpc) is 1.88. The first kappa shape index (κ1) is 7.07. The number of hydrogen-bond acceptors (Lipinski definition) is 1. The fourth-order valence-electron chi connectivity index (χ4n) is 1.77. The number of rotatable bonds is 1. The first-order chi connectivity index (χ1) is 4.33. The molecule has 0 spiro atoms. The van der Waals surface area contributed by atoms with Gasteiger partial charge in [0.1, 0.15) is 0 Å². The molecule has 1 heteroatoms. The molecule has 0 amide bonds. The van der Waals surface area contributed by atoms with E-state index in [-0.39, 0.29) is 0 Å². The van der Waals surface area contributed by atoms with Gasteiger partial charge in [-0.25, -0.2) is 0 Å². The van der Waals surface area contributed by atoms with Gasteiger partial charge in [0, 0.05) is 0 Å². The van der Waals surface area contributed by atoms with Gasteiger partial charge in [-0.3, -0.25) is 0 Å². The fraction of sp³-hybridized carbons (Fsp3) is 1.00. The fourth-order valence-corrected chi connectivity index (χ4v) is 1.77. The Morgan fingerprint density at radius 3 is 2.67 bits per heavy atom. The van der Waals surface area contributed by atoms with Crippen molar-refractivity contribution in [1.82, 2.24) is 0 Å². The molecule has 1 fully saturated rings. The highest BCUT2D eigenvalue weighted by Crippen LogP contribution is 2.27. The lowest BCUT2D eigenvalue weighted by molar-refractivity contribution is 0.288. The summed E-state index contributed by atoms with van der Waals surface area (Å²) >= 11 is 0. The second kappa shape index (κ2) is 3.21. The van der Waals surface area contributed by atoms with Crippen LogP contribution in [0.3, 0.4) is 0 Å². The van der Waals surface area contributed by atoms with E-state index in [9.17, 15) is 0 Å². The predicted octanol–water partition coefficient (Wildman–Crippen LogP) is 1.77. The molecule has 2 N–H and O–H groups in total. The highest BCUT2D eigenvalue weighted by molar-refractivity contribution is 4.70. The Morgan fingerprint density at radius 2 is 2.22 bits per heavy atom. The minimum atomic E-state index is 0.841. The molecule has 0 saturated heterocycles. The topological polar surface area (TPSA) is 26.0 Å². The van der Waals surface area contributed by atoms with Crippen molar-refractivity contribution < 1.29 is 0 Å². The van der Waals surface area contributed by atoms with Crippen LogP contribution in [0, 0.1) is 11.8 Å². The van der Waals surface area contributed by atoms with Crippen molar-refractivity contribution in [1.29, 1.82) is 0 Å². The van der Waals surface area contributed by atoms with E-state index in [1.165, 1.54) is 25.7 Å². The van der Waals surface area contributed by atoms with Crippen molar-refractivity contribution in [2.45, 2.75) is 32.6 Å².